The van der Waals surface area contributed by atoms with E-state index in [1.54, 1.807) is 11.3 Å². The zero-order valence-electron chi connectivity index (χ0n) is 10.8. The van der Waals surface area contributed by atoms with Gasteiger partial charge in [0, 0.05) is 24.4 Å². The molecule has 0 fully saturated rings. The standard InChI is InChI=1S/C12H21N3OS/c1-4-15(5-2)12(16)8-10-9(3)14-11(17-10)6-7-13/h4-8,13H2,1-3H3. The van der Waals surface area contributed by atoms with Crippen molar-refractivity contribution in [2.24, 2.45) is 5.73 Å². The normalized spacial score (nSPS) is 10.6. The molecule has 1 aromatic heterocycles. The van der Waals surface area contributed by atoms with Gasteiger partial charge in [0.15, 0.2) is 0 Å². The third kappa shape index (κ3) is 3.78. The Kier molecular flexibility index (Phi) is 5.58. The number of likely N-dealkylation sites (N-methyl/N-ethyl adjacent to an activating group) is 1. The number of hydrogen-bond donors (Lipinski definition) is 1. The third-order valence-corrected chi connectivity index (χ3v) is 3.94. The second-order valence-electron chi connectivity index (χ2n) is 3.90. The van der Waals surface area contributed by atoms with E-state index in [0.29, 0.717) is 13.0 Å². The average Bonchev–Trinajstić information content (AvgIpc) is 2.61. The lowest BCUT2D eigenvalue weighted by Gasteiger charge is -2.18. The molecule has 5 heteroatoms. The Morgan fingerprint density at radius 1 is 1.41 bits per heavy atom. The zero-order chi connectivity index (χ0) is 12.8. The van der Waals surface area contributed by atoms with Crippen molar-refractivity contribution in [1.82, 2.24) is 9.88 Å². The molecule has 4 nitrogen and oxygen atoms in total. The fraction of sp³-hybridized carbons (Fsp3) is 0.667. The van der Waals surface area contributed by atoms with Gasteiger partial charge in [-0.2, -0.15) is 0 Å². The lowest BCUT2D eigenvalue weighted by molar-refractivity contribution is -0.130. The van der Waals surface area contributed by atoms with Crippen molar-refractivity contribution in [3.8, 4) is 0 Å². The first-order valence-electron chi connectivity index (χ1n) is 6.05. The van der Waals surface area contributed by atoms with E-state index in [9.17, 15) is 4.79 Å². The molecule has 0 aliphatic rings. The summed E-state index contributed by atoms with van der Waals surface area (Å²) in [4.78, 5) is 19.3. The quantitative estimate of drug-likeness (QED) is 0.835. The largest absolute Gasteiger partial charge is 0.343 e. The molecule has 0 saturated heterocycles. The molecule has 1 amide bonds. The van der Waals surface area contributed by atoms with E-state index in [0.717, 1.165) is 35.1 Å². The Labute approximate surface area is 107 Å². The lowest BCUT2D eigenvalue weighted by Crippen LogP contribution is -2.31. The second kappa shape index (κ2) is 6.71. The van der Waals surface area contributed by atoms with E-state index < -0.39 is 0 Å². The summed E-state index contributed by atoms with van der Waals surface area (Å²) in [5.41, 5.74) is 6.48. The van der Waals surface area contributed by atoms with Crippen molar-refractivity contribution < 1.29 is 4.79 Å². The van der Waals surface area contributed by atoms with E-state index in [4.69, 9.17) is 5.73 Å². The molecule has 0 radical (unpaired) electrons. The molecule has 17 heavy (non-hydrogen) atoms. The van der Waals surface area contributed by atoms with Crippen molar-refractivity contribution in [3.05, 3.63) is 15.6 Å². The molecule has 96 valence electrons. The predicted molar refractivity (Wildman–Crippen MR) is 71.2 cm³/mol. The maximum absolute atomic E-state index is 12.0. The van der Waals surface area contributed by atoms with Crippen LogP contribution in [-0.2, 0) is 17.6 Å². The number of aromatic nitrogens is 1. The van der Waals surface area contributed by atoms with Gasteiger partial charge in [0.2, 0.25) is 5.91 Å². The van der Waals surface area contributed by atoms with Crippen LogP contribution in [0.3, 0.4) is 0 Å². The molecule has 0 aliphatic heterocycles. The first-order valence-corrected chi connectivity index (χ1v) is 6.87. The summed E-state index contributed by atoms with van der Waals surface area (Å²) in [6, 6.07) is 0. The number of hydrogen-bond acceptors (Lipinski definition) is 4. The predicted octanol–water partition coefficient (Wildman–Crippen LogP) is 1.36. The number of nitrogens with two attached hydrogens (primary N) is 1. The van der Waals surface area contributed by atoms with Crippen molar-refractivity contribution in [3.63, 3.8) is 0 Å². The summed E-state index contributed by atoms with van der Waals surface area (Å²) in [5.74, 6) is 0.182. The highest BCUT2D eigenvalue weighted by Crippen LogP contribution is 2.19. The van der Waals surface area contributed by atoms with Gasteiger partial charge < -0.3 is 10.6 Å². The molecule has 0 atom stereocenters. The van der Waals surface area contributed by atoms with E-state index in [1.165, 1.54) is 0 Å². The Morgan fingerprint density at radius 2 is 2.06 bits per heavy atom. The molecule has 1 heterocycles. The molecule has 1 rings (SSSR count). The fourth-order valence-electron chi connectivity index (χ4n) is 1.71. The molecular weight excluding hydrogens is 234 g/mol. The van der Waals surface area contributed by atoms with Crippen LogP contribution >= 0.6 is 11.3 Å². The van der Waals surface area contributed by atoms with Crippen LogP contribution in [0, 0.1) is 6.92 Å². The highest BCUT2D eigenvalue weighted by atomic mass is 32.1. The monoisotopic (exact) mass is 255 g/mol. The molecule has 0 saturated carbocycles. The number of nitrogens with zero attached hydrogens (tertiary/aromatic N) is 2. The second-order valence-corrected chi connectivity index (χ2v) is 5.07. The van der Waals surface area contributed by atoms with Gasteiger partial charge in [-0.25, -0.2) is 4.98 Å². The minimum absolute atomic E-state index is 0.182. The van der Waals surface area contributed by atoms with E-state index in [-0.39, 0.29) is 5.91 Å². The van der Waals surface area contributed by atoms with Crippen molar-refractivity contribution in [2.75, 3.05) is 19.6 Å². The topological polar surface area (TPSA) is 59.2 Å². The number of thiazole rings is 1. The highest BCUT2D eigenvalue weighted by Gasteiger charge is 2.15. The van der Waals surface area contributed by atoms with Gasteiger partial charge >= 0.3 is 0 Å². The Bertz CT molecular complexity index is 372. The maximum atomic E-state index is 12.0. The highest BCUT2D eigenvalue weighted by molar-refractivity contribution is 7.11. The molecule has 1 aromatic rings. The van der Waals surface area contributed by atoms with Gasteiger partial charge in [0.1, 0.15) is 0 Å². The van der Waals surface area contributed by atoms with Crippen LogP contribution in [0.5, 0.6) is 0 Å². The summed E-state index contributed by atoms with van der Waals surface area (Å²) in [5, 5.41) is 1.03. The smallest absolute Gasteiger partial charge is 0.227 e. The van der Waals surface area contributed by atoms with Crippen LogP contribution in [0.2, 0.25) is 0 Å². The van der Waals surface area contributed by atoms with Gasteiger partial charge in [-0.05, 0) is 27.3 Å². The Hall–Kier alpha value is -0.940. The summed E-state index contributed by atoms with van der Waals surface area (Å²) in [6.07, 6.45) is 1.26. The van der Waals surface area contributed by atoms with Gasteiger partial charge in [0.25, 0.3) is 0 Å². The first-order chi connectivity index (χ1) is 8.12. The molecule has 0 unspecified atom stereocenters. The molecule has 2 N–H and O–H groups in total. The van der Waals surface area contributed by atoms with Crippen LogP contribution in [-0.4, -0.2) is 35.4 Å². The van der Waals surface area contributed by atoms with Crippen molar-refractivity contribution in [1.29, 1.82) is 0 Å². The van der Waals surface area contributed by atoms with Gasteiger partial charge in [-0.3, -0.25) is 4.79 Å². The van der Waals surface area contributed by atoms with Crippen LogP contribution in [0.1, 0.15) is 29.4 Å². The third-order valence-electron chi connectivity index (χ3n) is 2.72. The Balaban J connectivity index is 2.70. The van der Waals surface area contributed by atoms with E-state index in [2.05, 4.69) is 4.98 Å². The average molecular weight is 255 g/mol. The van der Waals surface area contributed by atoms with Crippen molar-refractivity contribution in [2.45, 2.75) is 33.6 Å². The van der Waals surface area contributed by atoms with Gasteiger partial charge in [0.05, 0.1) is 17.1 Å². The number of rotatable bonds is 6. The summed E-state index contributed by atoms with van der Waals surface area (Å²) in [6.45, 7) is 8.10. The number of amides is 1. The van der Waals surface area contributed by atoms with Gasteiger partial charge in [-0.15, -0.1) is 11.3 Å². The van der Waals surface area contributed by atoms with E-state index >= 15 is 0 Å². The lowest BCUT2D eigenvalue weighted by atomic mass is 10.2. The number of carbonyl (C=O) groups excluding carboxylic acids is 1. The summed E-state index contributed by atoms with van der Waals surface area (Å²) >= 11 is 1.61. The van der Waals surface area contributed by atoms with Gasteiger partial charge in [-0.1, -0.05) is 0 Å². The fourth-order valence-corrected chi connectivity index (χ4v) is 2.78. The number of aryl methyl sites for hydroxylation is 1. The molecule has 0 spiro atoms. The van der Waals surface area contributed by atoms with Crippen LogP contribution in [0.4, 0.5) is 0 Å². The minimum atomic E-state index is 0.182. The molecule has 0 aromatic carbocycles. The SMILES string of the molecule is CCN(CC)C(=O)Cc1sc(CCN)nc1C. The molecule has 0 aliphatic carbocycles. The zero-order valence-corrected chi connectivity index (χ0v) is 11.6. The van der Waals surface area contributed by atoms with Crippen LogP contribution < -0.4 is 5.73 Å². The first kappa shape index (κ1) is 14.1. The Morgan fingerprint density at radius 3 is 2.59 bits per heavy atom. The summed E-state index contributed by atoms with van der Waals surface area (Å²) < 4.78 is 0. The van der Waals surface area contributed by atoms with E-state index in [1.807, 2.05) is 25.7 Å². The minimum Gasteiger partial charge on any atom is -0.343 e. The van der Waals surface area contributed by atoms with Crippen molar-refractivity contribution >= 4 is 17.2 Å². The maximum Gasteiger partial charge on any atom is 0.227 e. The summed E-state index contributed by atoms with van der Waals surface area (Å²) in [7, 11) is 0. The molecule has 0 bridgehead atoms. The van der Waals surface area contributed by atoms with Crippen LogP contribution in [0.25, 0.3) is 0 Å². The number of carbonyl (C=O) groups is 1. The molecular formula is C12H21N3OS. The van der Waals surface area contributed by atoms with Crippen LogP contribution in [0.15, 0.2) is 0 Å².